The van der Waals surface area contributed by atoms with E-state index < -0.39 is 0 Å². The Labute approximate surface area is 152 Å². The zero-order valence-electron chi connectivity index (χ0n) is 13.7. The zero-order chi connectivity index (χ0) is 16.4. The van der Waals surface area contributed by atoms with Crippen LogP contribution in [0.3, 0.4) is 0 Å². The standard InChI is InChI=1S/C16H25BrN2O3.ClH/c1-3-21-14-9-12(13(17)11-15(14)22-4-2)10-16(20)19-8-6-5-7-18;/h9,11H,3-8,10,18H2,1-2H3,(H,19,20);1H. The summed E-state index contributed by atoms with van der Waals surface area (Å²) in [6.45, 7) is 6.26. The summed E-state index contributed by atoms with van der Waals surface area (Å²) in [5.41, 5.74) is 6.31. The molecule has 7 heteroatoms. The molecule has 23 heavy (non-hydrogen) atoms. The van der Waals surface area contributed by atoms with E-state index >= 15 is 0 Å². The summed E-state index contributed by atoms with van der Waals surface area (Å²) in [5.74, 6) is 1.34. The summed E-state index contributed by atoms with van der Waals surface area (Å²) in [6, 6.07) is 3.71. The maximum absolute atomic E-state index is 12.0. The highest BCUT2D eigenvalue weighted by Crippen LogP contribution is 2.34. The number of carbonyl (C=O) groups excluding carboxylic acids is 1. The number of hydrogen-bond donors (Lipinski definition) is 2. The third-order valence-electron chi connectivity index (χ3n) is 3.02. The Hall–Kier alpha value is -0.980. The van der Waals surface area contributed by atoms with Gasteiger partial charge in [0.05, 0.1) is 19.6 Å². The smallest absolute Gasteiger partial charge is 0.224 e. The van der Waals surface area contributed by atoms with Gasteiger partial charge in [-0.15, -0.1) is 12.4 Å². The van der Waals surface area contributed by atoms with Crippen LogP contribution in [0.2, 0.25) is 0 Å². The van der Waals surface area contributed by atoms with Crippen LogP contribution in [0.4, 0.5) is 0 Å². The lowest BCUT2D eigenvalue weighted by Crippen LogP contribution is -2.26. The molecule has 0 spiro atoms. The van der Waals surface area contributed by atoms with E-state index in [9.17, 15) is 4.79 Å². The quantitative estimate of drug-likeness (QED) is 0.582. The molecule has 132 valence electrons. The molecule has 0 heterocycles. The van der Waals surface area contributed by atoms with Crippen LogP contribution in [0.1, 0.15) is 32.3 Å². The summed E-state index contributed by atoms with van der Waals surface area (Å²) < 4.78 is 12.0. The van der Waals surface area contributed by atoms with Gasteiger partial charge >= 0.3 is 0 Å². The first-order valence-corrected chi connectivity index (χ1v) is 8.46. The monoisotopic (exact) mass is 408 g/mol. The summed E-state index contributed by atoms with van der Waals surface area (Å²) >= 11 is 3.49. The molecule has 0 fully saturated rings. The molecule has 0 atom stereocenters. The van der Waals surface area contributed by atoms with Gasteiger partial charge in [0.15, 0.2) is 11.5 Å². The normalized spacial score (nSPS) is 9.91. The van der Waals surface area contributed by atoms with E-state index in [1.807, 2.05) is 26.0 Å². The SMILES string of the molecule is CCOc1cc(Br)c(CC(=O)NCCCCN)cc1OCC.Cl. The molecule has 0 saturated carbocycles. The molecule has 0 saturated heterocycles. The van der Waals surface area contributed by atoms with E-state index in [4.69, 9.17) is 15.2 Å². The van der Waals surface area contributed by atoms with E-state index in [1.165, 1.54) is 0 Å². The maximum atomic E-state index is 12.0. The van der Waals surface area contributed by atoms with Crippen molar-refractivity contribution in [2.75, 3.05) is 26.3 Å². The number of hydrogen-bond acceptors (Lipinski definition) is 4. The van der Waals surface area contributed by atoms with Crippen LogP contribution < -0.4 is 20.5 Å². The van der Waals surface area contributed by atoms with Crippen molar-refractivity contribution in [3.63, 3.8) is 0 Å². The molecule has 0 aliphatic carbocycles. The molecule has 1 aromatic rings. The minimum absolute atomic E-state index is 0. The molecule has 1 aromatic carbocycles. The second-order valence-corrected chi connectivity index (χ2v) is 5.63. The van der Waals surface area contributed by atoms with Gasteiger partial charge in [0.2, 0.25) is 5.91 Å². The predicted octanol–water partition coefficient (Wildman–Crippen LogP) is 3.07. The molecule has 3 N–H and O–H groups in total. The number of nitrogens with one attached hydrogen (secondary N) is 1. The van der Waals surface area contributed by atoms with Crippen molar-refractivity contribution in [2.45, 2.75) is 33.1 Å². The predicted molar refractivity (Wildman–Crippen MR) is 98.7 cm³/mol. The molecule has 1 rings (SSSR count). The van der Waals surface area contributed by atoms with Crippen LogP contribution in [-0.2, 0) is 11.2 Å². The van der Waals surface area contributed by atoms with Crippen molar-refractivity contribution in [2.24, 2.45) is 5.73 Å². The minimum Gasteiger partial charge on any atom is -0.490 e. The highest BCUT2D eigenvalue weighted by molar-refractivity contribution is 9.10. The Morgan fingerprint density at radius 2 is 1.78 bits per heavy atom. The van der Waals surface area contributed by atoms with Crippen molar-refractivity contribution >= 4 is 34.2 Å². The van der Waals surface area contributed by atoms with E-state index in [0.717, 1.165) is 22.9 Å². The van der Waals surface area contributed by atoms with E-state index in [2.05, 4.69) is 21.2 Å². The zero-order valence-corrected chi connectivity index (χ0v) is 16.1. The molecule has 1 amide bonds. The van der Waals surface area contributed by atoms with Crippen LogP contribution in [0.15, 0.2) is 16.6 Å². The summed E-state index contributed by atoms with van der Waals surface area (Å²) in [5, 5.41) is 2.90. The highest BCUT2D eigenvalue weighted by Gasteiger charge is 2.13. The lowest BCUT2D eigenvalue weighted by molar-refractivity contribution is -0.120. The first kappa shape index (κ1) is 22.0. The lowest BCUT2D eigenvalue weighted by atomic mass is 10.1. The van der Waals surface area contributed by atoms with Crippen LogP contribution in [0.25, 0.3) is 0 Å². The lowest BCUT2D eigenvalue weighted by Gasteiger charge is -2.14. The van der Waals surface area contributed by atoms with Crippen LogP contribution in [0, 0.1) is 0 Å². The molecule has 0 aliphatic heterocycles. The van der Waals surface area contributed by atoms with Crippen molar-refractivity contribution in [3.8, 4) is 11.5 Å². The van der Waals surface area contributed by atoms with Gasteiger partial charge in [0.25, 0.3) is 0 Å². The maximum Gasteiger partial charge on any atom is 0.224 e. The third-order valence-corrected chi connectivity index (χ3v) is 3.75. The Bertz CT molecular complexity index is 487. The number of rotatable bonds is 10. The minimum atomic E-state index is -0.00988. The Kier molecular flexibility index (Phi) is 11.9. The largest absolute Gasteiger partial charge is 0.490 e. The van der Waals surface area contributed by atoms with Gasteiger partial charge in [-0.25, -0.2) is 0 Å². The van der Waals surface area contributed by atoms with Crippen molar-refractivity contribution in [1.82, 2.24) is 5.32 Å². The summed E-state index contributed by atoms with van der Waals surface area (Å²) in [4.78, 5) is 12.0. The van der Waals surface area contributed by atoms with Crippen molar-refractivity contribution in [1.29, 1.82) is 0 Å². The number of halogens is 2. The van der Waals surface area contributed by atoms with Gasteiger partial charge in [-0.05, 0) is 50.9 Å². The van der Waals surface area contributed by atoms with Crippen molar-refractivity contribution < 1.29 is 14.3 Å². The molecule has 0 aliphatic rings. The van der Waals surface area contributed by atoms with Crippen molar-refractivity contribution in [3.05, 3.63) is 22.2 Å². The number of ether oxygens (including phenoxy) is 2. The van der Waals surface area contributed by atoms with Gasteiger partial charge in [0.1, 0.15) is 0 Å². The molecule has 0 bridgehead atoms. The first-order chi connectivity index (χ1) is 10.6. The van der Waals surface area contributed by atoms with E-state index in [1.54, 1.807) is 0 Å². The molecule has 0 unspecified atom stereocenters. The molecular formula is C16H26BrClN2O3. The topological polar surface area (TPSA) is 73.6 Å². The van der Waals surface area contributed by atoms with E-state index in [0.29, 0.717) is 44.2 Å². The summed E-state index contributed by atoms with van der Waals surface area (Å²) in [6.07, 6.45) is 2.12. The first-order valence-electron chi connectivity index (χ1n) is 7.67. The highest BCUT2D eigenvalue weighted by atomic mass is 79.9. The fraction of sp³-hybridized carbons (Fsp3) is 0.562. The fourth-order valence-electron chi connectivity index (χ4n) is 1.98. The fourth-order valence-corrected chi connectivity index (χ4v) is 2.44. The third kappa shape index (κ3) is 7.90. The Morgan fingerprint density at radius 3 is 2.35 bits per heavy atom. The number of nitrogens with two attached hydrogens (primary N) is 1. The second kappa shape index (κ2) is 12.4. The van der Waals surface area contributed by atoms with Crippen LogP contribution in [0.5, 0.6) is 11.5 Å². The van der Waals surface area contributed by atoms with E-state index in [-0.39, 0.29) is 18.3 Å². The van der Waals surface area contributed by atoms with Crippen LogP contribution >= 0.6 is 28.3 Å². The number of amides is 1. The average Bonchev–Trinajstić information content (AvgIpc) is 2.49. The van der Waals surface area contributed by atoms with Gasteiger partial charge < -0.3 is 20.5 Å². The average molecular weight is 410 g/mol. The molecular weight excluding hydrogens is 384 g/mol. The summed E-state index contributed by atoms with van der Waals surface area (Å²) in [7, 11) is 0. The molecule has 0 radical (unpaired) electrons. The Balaban J connectivity index is 0.00000484. The number of unbranched alkanes of at least 4 members (excludes halogenated alkanes) is 1. The van der Waals surface area contributed by atoms with Gasteiger partial charge in [0, 0.05) is 11.0 Å². The Morgan fingerprint density at radius 1 is 1.17 bits per heavy atom. The number of carbonyl (C=O) groups is 1. The molecule has 5 nitrogen and oxygen atoms in total. The molecule has 0 aromatic heterocycles. The van der Waals surface area contributed by atoms with Crippen LogP contribution in [-0.4, -0.2) is 32.2 Å². The second-order valence-electron chi connectivity index (χ2n) is 4.78. The van der Waals surface area contributed by atoms with Gasteiger partial charge in [-0.1, -0.05) is 15.9 Å². The van der Waals surface area contributed by atoms with Gasteiger partial charge in [-0.2, -0.15) is 0 Å². The van der Waals surface area contributed by atoms with Gasteiger partial charge in [-0.3, -0.25) is 4.79 Å². The number of benzene rings is 1.